The Morgan fingerprint density at radius 2 is 1.46 bits per heavy atom. The number of aryl methyl sites for hydroxylation is 1. The number of nitrogens with one attached hydrogen (secondary N) is 1. The van der Waals surface area contributed by atoms with Gasteiger partial charge in [-0.15, -0.1) is 0 Å². The van der Waals surface area contributed by atoms with E-state index in [-0.39, 0.29) is 41.2 Å². The standard InChI is InChI=1S/C32H44N2O7/c1-21(35)17-29(40)15-14-24-10-12-25(13-11-24)18-28(39)9-6-8-27(38)7-4-5-16-41-31-20-26(22(2)36)19-30(33)32(31)34-23(3)37/h10-13,20,30-32H,4-9,14-19,33H2,1-3H3,(H,34,37)/t30-,31+,32+/m0/s1. The Hall–Kier alpha value is -3.30. The molecule has 0 heterocycles. The van der Waals surface area contributed by atoms with E-state index in [2.05, 4.69) is 5.32 Å². The van der Waals surface area contributed by atoms with Crippen LogP contribution < -0.4 is 11.1 Å². The van der Waals surface area contributed by atoms with Crippen LogP contribution in [0.3, 0.4) is 0 Å². The second kappa shape index (κ2) is 17.5. The van der Waals surface area contributed by atoms with E-state index in [9.17, 15) is 28.8 Å². The molecule has 3 N–H and O–H groups in total. The van der Waals surface area contributed by atoms with Crippen LogP contribution in [0.2, 0.25) is 0 Å². The van der Waals surface area contributed by atoms with E-state index >= 15 is 0 Å². The lowest BCUT2D eigenvalue weighted by molar-refractivity contribution is -0.126. The Morgan fingerprint density at radius 1 is 0.829 bits per heavy atom. The monoisotopic (exact) mass is 568 g/mol. The molecular weight excluding hydrogens is 524 g/mol. The Kier molecular flexibility index (Phi) is 14.5. The van der Waals surface area contributed by atoms with Crippen molar-refractivity contribution < 1.29 is 33.5 Å². The molecule has 0 saturated heterocycles. The van der Waals surface area contributed by atoms with Gasteiger partial charge >= 0.3 is 0 Å². The zero-order valence-corrected chi connectivity index (χ0v) is 24.5. The molecule has 0 saturated carbocycles. The summed E-state index contributed by atoms with van der Waals surface area (Å²) in [6.07, 6.45) is 5.71. The van der Waals surface area contributed by atoms with Crippen molar-refractivity contribution in [3.63, 3.8) is 0 Å². The summed E-state index contributed by atoms with van der Waals surface area (Å²) in [7, 11) is 0. The number of amides is 1. The zero-order valence-electron chi connectivity index (χ0n) is 24.5. The van der Waals surface area contributed by atoms with Crippen LogP contribution in [0.15, 0.2) is 35.9 Å². The molecule has 9 nitrogen and oxygen atoms in total. The van der Waals surface area contributed by atoms with Gasteiger partial charge in [0.25, 0.3) is 0 Å². The highest BCUT2D eigenvalue weighted by molar-refractivity contribution is 5.98. The number of rotatable bonds is 19. The second-order valence-corrected chi connectivity index (χ2v) is 11.0. The van der Waals surface area contributed by atoms with Crippen LogP contribution in [0, 0.1) is 0 Å². The van der Waals surface area contributed by atoms with Gasteiger partial charge < -0.3 is 15.8 Å². The summed E-state index contributed by atoms with van der Waals surface area (Å²) in [5.74, 6) is -0.289. The Balaban J connectivity index is 1.63. The average Bonchev–Trinajstić information content (AvgIpc) is 2.89. The molecule has 1 aliphatic rings. The highest BCUT2D eigenvalue weighted by atomic mass is 16.5. The normalized spacial score (nSPS) is 18.3. The van der Waals surface area contributed by atoms with E-state index < -0.39 is 18.2 Å². The molecule has 1 aliphatic carbocycles. The molecule has 0 unspecified atom stereocenters. The van der Waals surface area contributed by atoms with Crippen molar-refractivity contribution in [2.45, 2.75) is 110 Å². The molecule has 224 valence electrons. The predicted octanol–water partition coefficient (Wildman–Crippen LogP) is 3.33. The van der Waals surface area contributed by atoms with Gasteiger partial charge in [0.05, 0.1) is 18.6 Å². The lowest BCUT2D eigenvalue weighted by Crippen LogP contribution is -2.56. The van der Waals surface area contributed by atoms with Gasteiger partial charge in [-0.3, -0.25) is 28.8 Å². The summed E-state index contributed by atoms with van der Waals surface area (Å²) in [6, 6.07) is 6.73. The molecule has 3 atom stereocenters. The number of Topliss-reactive ketones (excluding diaryl/α,β-unsaturated/α-hetero) is 5. The smallest absolute Gasteiger partial charge is 0.217 e. The first-order valence-corrected chi connectivity index (χ1v) is 14.4. The highest BCUT2D eigenvalue weighted by Gasteiger charge is 2.33. The van der Waals surface area contributed by atoms with Gasteiger partial charge in [0.15, 0.2) is 5.78 Å². The number of unbranched alkanes of at least 4 members (excludes halogenated alkanes) is 1. The lowest BCUT2D eigenvalue weighted by Gasteiger charge is -2.35. The fraction of sp³-hybridized carbons (Fsp3) is 0.562. The summed E-state index contributed by atoms with van der Waals surface area (Å²) in [5.41, 5.74) is 8.67. The quantitative estimate of drug-likeness (QED) is 0.191. The van der Waals surface area contributed by atoms with Crippen LogP contribution in [0.4, 0.5) is 0 Å². The van der Waals surface area contributed by atoms with Crippen molar-refractivity contribution in [3.05, 3.63) is 47.0 Å². The van der Waals surface area contributed by atoms with Crippen molar-refractivity contribution >= 4 is 34.8 Å². The molecule has 0 fully saturated rings. The average molecular weight is 569 g/mol. The number of benzene rings is 1. The second-order valence-electron chi connectivity index (χ2n) is 11.0. The molecule has 1 aromatic carbocycles. The minimum absolute atomic E-state index is 0.0251. The molecule has 0 spiro atoms. The summed E-state index contributed by atoms with van der Waals surface area (Å²) in [4.78, 5) is 70.8. The molecule has 1 amide bonds. The SMILES string of the molecule is CC(=O)CC(=O)CCc1ccc(CC(=O)CCCC(=O)CCCCO[C@@H]2C=C(C(C)=O)C[C@H](N)[C@H]2NC(C)=O)cc1. The van der Waals surface area contributed by atoms with E-state index in [0.717, 1.165) is 11.1 Å². The third-order valence-electron chi connectivity index (χ3n) is 7.09. The van der Waals surface area contributed by atoms with Gasteiger partial charge in [-0.25, -0.2) is 0 Å². The van der Waals surface area contributed by atoms with E-state index in [1.807, 2.05) is 24.3 Å². The van der Waals surface area contributed by atoms with E-state index in [4.69, 9.17) is 10.5 Å². The molecule has 0 aromatic heterocycles. The van der Waals surface area contributed by atoms with Gasteiger partial charge in [0, 0.05) is 51.7 Å². The maximum atomic E-state index is 12.4. The highest BCUT2D eigenvalue weighted by Crippen LogP contribution is 2.22. The predicted molar refractivity (Wildman–Crippen MR) is 155 cm³/mol. The third kappa shape index (κ3) is 13.3. The van der Waals surface area contributed by atoms with Gasteiger partial charge in [-0.05, 0) is 68.7 Å². The summed E-state index contributed by atoms with van der Waals surface area (Å²) < 4.78 is 5.94. The van der Waals surface area contributed by atoms with E-state index in [1.54, 1.807) is 6.08 Å². The molecule has 9 heteroatoms. The number of nitrogens with two attached hydrogens (primary N) is 1. The summed E-state index contributed by atoms with van der Waals surface area (Å²) in [5, 5.41) is 2.82. The number of hydrogen-bond acceptors (Lipinski definition) is 8. The molecular formula is C32H44N2O7. The molecule has 0 bridgehead atoms. The van der Waals surface area contributed by atoms with Crippen molar-refractivity contribution in [1.82, 2.24) is 5.32 Å². The molecule has 2 rings (SSSR count). The minimum atomic E-state index is -0.499. The Bertz CT molecular complexity index is 1120. The zero-order chi connectivity index (χ0) is 30.4. The van der Waals surface area contributed by atoms with Crippen LogP contribution >= 0.6 is 0 Å². The summed E-state index contributed by atoms with van der Waals surface area (Å²) >= 11 is 0. The number of carbonyl (C=O) groups excluding carboxylic acids is 6. The number of ketones is 5. The van der Waals surface area contributed by atoms with Gasteiger partial charge in [-0.2, -0.15) is 0 Å². The Labute approximate surface area is 242 Å². The van der Waals surface area contributed by atoms with E-state index in [0.29, 0.717) is 76.4 Å². The van der Waals surface area contributed by atoms with Crippen LogP contribution in [0.1, 0.15) is 89.7 Å². The fourth-order valence-corrected chi connectivity index (χ4v) is 4.87. The lowest BCUT2D eigenvalue weighted by atomic mass is 9.87. The first kappa shape index (κ1) is 33.9. The maximum Gasteiger partial charge on any atom is 0.217 e. The van der Waals surface area contributed by atoms with Crippen LogP contribution in [-0.4, -0.2) is 59.6 Å². The molecule has 0 radical (unpaired) electrons. The first-order chi connectivity index (χ1) is 19.4. The van der Waals surface area contributed by atoms with Crippen molar-refractivity contribution in [3.8, 4) is 0 Å². The molecule has 1 aromatic rings. The van der Waals surface area contributed by atoms with Crippen LogP contribution in [0.5, 0.6) is 0 Å². The molecule has 0 aliphatic heterocycles. The number of ether oxygens (including phenoxy) is 1. The van der Waals surface area contributed by atoms with Crippen molar-refractivity contribution in [1.29, 1.82) is 0 Å². The fourth-order valence-electron chi connectivity index (χ4n) is 4.87. The largest absolute Gasteiger partial charge is 0.372 e. The van der Waals surface area contributed by atoms with Crippen molar-refractivity contribution in [2.24, 2.45) is 5.73 Å². The number of hydrogen-bond donors (Lipinski definition) is 2. The number of carbonyl (C=O) groups is 6. The van der Waals surface area contributed by atoms with Crippen LogP contribution in [0.25, 0.3) is 0 Å². The van der Waals surface area contributed by atoms with Gasteiger partial charge in [-0.1, -0.05) is 24.3 Å². The first-order valence-electron chi connectivity index (χ1n) is 14.4. The Morgan fingerprint density at radius 3 is 2.10 bits per heavy atom. The van der Waals surface area contributed by atoms with Crippen molar-refractivity contribution in [2.75, 3.05) is 6.61 Å². The summed E-state index contributed by atoms with van der Waals surface area (Å²) in [6.45, 7) is 4.67. The van der Waals surface area contributed by atoms with Gasteiger partial charge in [0.1, 0.15) is 23.1 Å². The molecule has 41 heavy (non-hydrogen) atoms. The maximum absolute atomic E-state index is 12.4. The van der Waals surface area contributed by atoms with Gasteiger partial charge in [0.2, 0.25) is 5.91 Å². The van der Waals surface area contributed by atoms with E-state index in [1.165, 1.54) is 20.8 Å². The minimum Gasteiger partial charge on any atom is -0.372 e. The third-order valence-corrected chi connectivity index (χ3v) is 7.09. The topological polar surface area (TPSA) is 150 Å². The van der Waals surface area contributed by atoms with Crippen LogP contribution in [-0.2, 0) is 46.3 Å².